The van der Waals surface area contributed by atoms with Crippen molar-refractivity contribution in [3.8, 4) is 5.75 Å². The molecule has 20 heavy (non-hydrogen) atoms. The van der Waals surface area contributed by atoms with Crippen LogP contribution in [0.5, 0.6) is 5.75 Å². The van der Waals surface area contributed by atoms with Crippen LogP contribution in [-0.4, -0.2) is 18.6 Å². The van der Waals surface area contributed by atoms with Crippen molar-refractivity contribution >= 4 is 5.91 Å². The number of nitrogens with one attached hydrogen (secondary N) is 1. The summed E-state index contributed by atoms with van der Waals surface area (Å²) in [6.07, 6.45) is 4.33. The van der Waals surface area contributed by atoms with Crippen molar-refractivity contribution in [2.75, 3.05) is 0 Å². The summed E-state index contributed by atoms with van der Waals surface area (Å²) >= 11 is 0. The summed E-state index contributed by atoms with van der Waals surface area (Å²) in [5, 5.41) is 3.23. The Morgan fingerprint density at radius 1 is 1.25 bits per heavy atom. The summed E-state index contributed by atoms with van der Waals surface area (Å²) in [6.45, 7) is -2.86. The summed E-state index contributed by atoms with van der Waals surface area (Å²) in [6, 6.07) is 5.66. The van der Waals surface area contributed by atoms with E-state index < -0.39 is 18.6 Å². The van der Waals surface area contributed by atoms with Gasteiger partial charge in [0.25, 0.3) is 0 Å². The van der Waals surface area contributed by atoms with Crippen molar-refractivity contribution in [2.24, 2.45) is 5.73 Å². The number of alkyl halides is 2. The van der Waals surface area contributed by atoms with Crippen LogP contribution >= 0.6 is 0 Å². The normalized spacial score (nSPS) is 17.4. The van der Waals surface area contributed by atoms with Crippen LogP contribution in [0.2, 0.25) is 0 Å². The van der Waals surface area contributed by atoms with E-state index in [1.165, 1.54) is 12.1 Å². The molecule has 1 unspecified atom stereocenters. The fraction of sp³-hybridized carbons (Fsp3) is 0.500. The van der Waals surface area contributed by atoms with Crippen LogP contribution in [-0.2, 0) is 4.79 Å². The number of nitrogens with two attached hydrogens (primary N) is 1. The second-order valence-electron chi connectivity index (χ2n) is 4.93. The second-order valence-corrected chi connectivity index (χ2v) is 4.93. The van der Waals surface area contributed by atoms with E-state index in [0.717, 1.165) is 25.7 Å². The lowest BCUT2D eigenvalue weighted by atomic mass is 10.0. The average molecular weight is 284 g/mol. The molecule has 1 aromatic carbocycles. The van der Waals surface area contributed by atoms with Crippen LogP contribution in [0.4, 0.5) is 8.78 Å². The zero-order chi connectivity index (χ0) is 14.5. The Morgan fingerprint density at radius 3 is 2.35 bits per heavy atom. The molecule has 1 aliphatic rings. The number of amides is 1. The predicted octanol–water partition coefficient (Wildman–Crippen LogP) is 2.35. The van der Waals surface area contributed by atoms with Gasteiger partial charge in [0.1, 0.15) is 11.8 Å². The van der Waals surface area contributed by atoms with Crippen LogP contribution < -0.4 is 15.8 Å². The first kappa shape index (κ1) is 14.7. The minimum absolute atomic E-state index is 0.0628. The van der Waals surface area contributed by atoms with E-state index >= 15 is 0 Å². The van der Waals surface area contributed by atoms with E-state index in [9.17, 15) is 13.6 Å². The summed E-state index contributed by atoms with van der Waals surface area (Å²) in [5.74, 6) is -0.410. The van der Waals surface area contributed by atoms with E-state index in [0.29, 0.717) is 5.56 Å². The highest BCUT2D eigenvalue weighted by Crippen LogP contribution is 2.24. The number of rotatable bonds is 6. The number of primary amides is 1. The number of hydrogen-bond acceptors (Lipinski definition) is 3. The third-order valence-corrected chi connectivity index (χ3v) is 3.48. The van der Waals surface area contributed by atoms with E-state index in [2.05, 4.69) is 10.1 Å². The highest BCUT2D eigenvalue weighted by atomic mass is 19.3. The van der Waals surface area contributed by atoms with E-state index in [4.69, 9.17) is 5.73 Å². The first-order chi connectivity index (χ1) is 9.56. The molecule has 2 rings (SSSR count). The maximum Gasteiger partial charge on any atom is 0.387 e. The molecule has 0 saturated heterocycles. The molecule has 0 spiro atoms. The smallest absolute Gasteiger partial charge is 0.387 e. The monoisotopic (exact) mass is 284 g/mol. The molecule has 1 saturated carbocycles. The third-order valence-electron chi connectivity index (χ3n) is 3.48. The van der Waals surface area contributed by atoms with Crippen molar-refractivity contribution < 1.29 is 18.3 Å². The Morgan fingerprint density at radius 2 is 1.85 bits per heavy atom. The van der Waals surface area contributed by atoms with Gasteiger partial charge in [0, 0.05) is 6.04 Å². The number of benzene rings is 1. The molecule has 0 bridgehead atoms. The fourth-order valence-electron chi connectivity index (χ4n) is 2.51. The quantitative estimate of drug-likeness (QED) is 0.842. The van der Waals surface area contributed by atoms with Gasteiger partial charge in [-0.3, -0.25) is 10.1 Å². The van der Waals surface area contributed by atoms with Gasteiger partial charge in [-0.15, -0.1) is 0 Å². The summed E-state index contributed by atoms with van der Waals surface area (Å²) in [7, 11) is 0. The predicted molar refractivity (Wildman–Crippen MR) is 70.4 cm³/mol. The lowest BCUT2D eigenvalue weighted by Gasteiger charge is -2.20. The largest absolute Gasteiger partial charge is 0.435 e. The Hall–Kier alpha value is -1.69. The molecule has 1 aliphatic carbocycles. The second kappa shape index (κ2) is 6.65. The van der Waals surface area contributed by atoms with E-state index in [1.807, 2.05) is 0 Å². The molecule has 0 aromatic heterocycles. The van der Waals surface area contributed by atoms with Crippen molar-refractivity contribution in [3.63, 3.8) is 0 Å². The zero-order valence-electron chi connectivity index (χ0n) is 11.0. The molecule has 6 heteroatoms. The number of hydrogen-bond donors (Lipinski definition) is 2. The lowest BCUT2D eigenvalue weighted by Crippen LogP contribution is -2.38. The van der Waals surface area contributed by atoms with Crippen molar-refractivity contribution in [1.29, 1.82) is 0 Å². The van der Waals surface area contributed by atoms with Crippen LogP contribution in [0.3, 0.4) is 0 Å². The minimum atomic E-state index is -2.86. The van der Waals surface area contributed by atoms with Crippen molar-refractivity contribution in [3.05, 3.63) is 29.8 Å². The van der Waals surface area contributed by atoms with Gasteiger partial charge in [0.2, 0.25) is 5.91 Å². The molecule has 4 nitrogen and oxygen atoms in total. The van der Waals surface area contributed by atoms with Crippen LogP contribution in [0, 0.1) is 0 Å². The van der Waals surface area contributed by atoms with E-state index in [-0.39, 0.29) is 11.8 Å². The number of halogens is 2. The highest BCUT2D eigenvalue weighted by Gasteiger charge is 2.24. The average Bonchev–Trinajstić information content (AvgIpc) is 2.89. The molecule has 0 heterocycles. The molecule has 1 fully saturated rings. The maximum atomic E-state index is 12.1. The molecule has 110 valence electrons. The standard InChI is InChI=1S/C14H18F2N2O2/c15-14(16)20-11-7-5-9(6-8-11)12(13(17)19)18-10-3-1-2-4-10/h5-8,10,12,14,18H,1-4H2,(H2,17,19). The topological polar surface area (TPSA) is 64.4 Å². The van der Waals surface area contributed by atoms with Gasteiger partial charge in [0.05, 0.1) is 0 Å². The summed E-state index contributed by atoms with van der Waals surface area (Å²) in [4.78, 5) is 11.6. The van der Waals surface area contributed by atoms with Gasteiger partial charge < -0.3 is 10.5 Å². The van der Waals surface area contributed by atoms with Gasteiger partial charge in [-0.25, -0.2) is 0 Å². The zero-order valence-corrected chi connectivity index (χ0v) is 11.0. The molecule has 3 N–H and O–H groups in total. The summed E-state index contributed by atoms with van der Waals surface area (Å²) < 4.78 is 28.4. The highest BCUT2D eigenvalue weighted by molar-refractivity contribution is 5.81. The molecular formula is C14H18F2N2O2. The molecular weight excluding hydrogens is 266 g/mol. The van der Waals surface area contributed by atoms with Crippen LogP contribution in [0.1, 0.15) is 37.3 Å². The van der Waals surface area contributed by atoms with Gasteiger partial charge in [-0.2, -0.15) is 8.78 Å². The van der Waals surface area contributed by atoms with Crippen LogP contribution in [0.25, 0.3) is 0 Å². The third kappa shape index (κ3) is 3.90. The van der Waals surface area contributed by atoms with Crippen molar-refractivity contribution in [2.45, 2.75) is 44.4 Å². The maximum absolute atomic E-state index is 12.1. The molecule has 0 aliphatic heterocycles. The van der Waals surface area contributed by atoms with Gasteiger partial charge >= 0.3 is 6.61 Å². The number of carbonyl (C=O) groups is 1. The summed E-state index contributed by atoms with van der Waals surface area (Å²) in [5.41, 5.74) is 6.07. The Bertz CT molecular complexity index is 445. The molecule has 1 aromatic rings. The first-order valence-corrected chi connectivity index (χ1v) is 6.66. The first-order valence-electron chi connectivity index (χ1n) is 6.66. The van der Waals surface area contributed by atoms with E-state index in [1.54, 1.807) is 12.1 Å². The van der Waals surface area contributed by atoms with Gasteiger partial charge in [-0.05, 0) is 30.5 Å². The van der Waals surface area contributed by atoms with Gasteiger partial charge in [0.15, 0.2) is 0 Å². The van der Waals surface area contributed by atoms with Crippen LogP contribution in [0.15, 0.2) is 24.3 Å². The Labute approximate surface area is 116 Å². The minimum Gasteiger partial charge on any atom is -0.435 e. The molecule has 1 amide bonds. The Balaban J connectivity index is 2.06. The van der Waals surface area contributed by atoms with Gasteiger partial charge in [-0.1, -0.05) is 25.0 Å². The SMILES string of the molecule is NC(=O)C(NC1CCCC1)c1ccc(OC(F)F)cc1. The molecule has 0 radical (unpaired) electrons. The number of ether oxygens (including phenoxy) is 1. The van der Waals surface area contributed by atoms with Crippen molar-refractivity contribution in [1.82, 2.24) is 5.32 Å². The Kier molecular flexibility index (Phi) is 4.89. The fourth-order valence-corrected chi connectivity index (χ4v) is 2.51. The lowest BCUT2D eigenvalue weighted by molar-refractivity contribution is -0.120. The number of carbonyl (C=O) groups excluding carboxylic acids is 1. The molecule has 1 atom stereocenters.